The second-order valence-corrected chi connectivity index (χ2v) is 11.8. The zero-order chi connectivity index (χ0) is 28.0. The maximum Gasteiger partial charge on any atom is 0.264 e. The summed E-state index contributed by atoms with van der Waals surface area (Å²) in [6, 6.07) is 20.7. The van der Waals surface area contributed by atoms with Crippen molar-refractivity contribution in [2.24, 2.45) is 0 Å². The summed E-state index contributed by atoms with van der Waals surface area (Å²) in [6.45, 7) is 9.49. The second-order valence-electron chi connectivity index (χ2n) is 8.85. The maximum atomic E-state index is 13.8. The summed E-state index contributed by atoms with van der Waals surface area (Å²) >= 11 is 1.44. The summed E-state index contributed by atoms with van der Waals surface area (Å²) < 4.78 is 34.3. The lowest BCUT2D eigenvalue weighted by atomic mass is 10.2. The van der Waals surface area contributed by atoms with Crippen LogP contribution >= 0.6 is 23.7 Å². The lowest BCUT2D eigenvalue weighted by Gasteiger charge is -2.25. The molecule has 0 aliphatic rings. The first-order chi connectivity index (χ1) is 18.8. The third-order valence-electron chi connectivity index (χ3n) is 6.56. The number of benzene rings is 3. The Labute approximate surface area is 246 Å². The number of thiazole rings is 1. The van der Waals surface area contributed by atoms with Crippen molar-refractivity contribution in [3.05, 3.63) is 78.4 Å². The highest BCUT2D eigenvalue weighted by Crippen LogP contribution is 2.35. The Balaban J connectivity index is 0.00000441. The number of para-hydroxylation sites is 2. The number of amides is 1. The average Bonchev–Trinajstić information content (AvgIpc) is 3.40. The third kappa shape index (κ3) is 6.75. The van der Waals surface area contributed by atoms with Crippen LogP contribution in [-0.2, 0) is 10.0 Å². The van der Waals surface area contributed by atoms with Gasteiger partial charge >= 0.3 is 0 Å². The minimum Gasteiger partial charge on any atom is -0.492 e. The van der Waals surface area contributed by atoms with E-state index in [1.807, 2.05) is 31.2 Å². The number of halogens is 1. The number of ether oxygens (including phenoxy) is 1. The van der Waals surface area contributed by atoms with Crippen molar-refractivity contribution in [1.29, 1.82) is 0 Å². The first-order valence-corrected chi connectivity index (χ1v) is 15.3. The van der Waals surface area contributed by atoms with Crippen molar-refractivity contribution < 1.29 is 17.9 Å². The molecule has 11 heteroatoms. The maximum absolute atomic E-state index is 13.8. The Kier molecular flexibility index (Phi) is 10.9. The highest BCUT2D eigenvalue weighted by Gasteiger charge is 2.25. The van der Waals surface area contributed by atoms with Gasteiger partial charge in [0, 0.05) is 25.7 Å². The van der Waals surface area contributed by atoms with Crippen molar-refractivity contribution in [3.8, 4) is 5.75 Å². The van der Waals surface area contributed by atoms with E-state index in [1.54, 1.807) is 41.3 Å². The first kappa shape index (κ1) is 31.3. The molecule has 0 saturated carbocycles. The van der Waals surface area contributed by atoms with Crippen LogP contribution in [0.15, 0.2) is 77.7 Å². The molecule has 1 heterocycles. The van der Waals surface area contributed by atoms with E-state index in [4.69, 9.17) is 9.72 Å². The van der Waals surface area contributed by atoms with Gasteiger partial charge < -0.3 is 9.64 Å². The monoisotopic (exact) mass is 602 g/mol. The summed E-state index contributed by atoms with van der Waals surface area (Å²) in [7, 11) is -2.27. The Bertz CT molecular complexity index is 1510. The van der Waals surface area contributed by atoms with Crippen LogP contribution in [0.5, 0.6) is 5.75 Å². The standard InChI is InChI=1S/C29H34N4O4S2.ClH/c1-5-32(6-2)20-21-33(29-30-27-25(37-7-3)14-11-15-26(27)38-29)28(34)22-16-18-24(19-17-22)39(35,36)31(4)23-12-9-8-10-13-23;/h8-19H,5-7,20-21H2,1-4H3;1H. The van der Waals surface area contributed by atoms with Gasteiger partial charge in [0.15, 0.2) is 5.13 Å². The van der Waals surface area contributed by atoms with Crippen LogP contribution in [0, 0.1) is 0 Å². The van der Waals surface area contributed by atoms with Crippen molar-refractivity contribution >= 4 is 60.7 Å². The zero-order valence-corrected chi connectivity index (χ0v) is 25.6. The number of carbonyl (C=O) groups excluding carboxylic acids is 1. The van der Waals surface area contributed by atoms with Gasteiger partial charge in [-0.1, -0.05) is 49.4 Å². The minimum absolute atomic E-state index is 0. The normalized spacial score (nSPS) is 11.3. The number of carbonyl (C=O) groups is 1. The fourth-order valence-corrected chi connectivity index (χ4v) is 6.43. The van der Waals surface area contributed by atoms with Gasteiger partial charge in [0.05, 0.1) is 21.9 Å². The lowest BCUT2D eigenvalue weighted by molar-refractivity contribution is 0.0983. The van der Waals surface area contributed by atoms with E-state index in [1.165, 1.54) is 34.8 Å². The molecule has 0 aliphatic heterocycles. The van der Waals surface area contributed by atoms with Crippen LogP contribution in [-0.4, -0.2) is 64.0 Å². The van der Waals surface area contributed by atoms with E-state index in [-0.39, 0.29) is 23.2 Å². The van der Waals surface area contributed by atoms with Gasteiger partial charge in [-0.05, 0) is 68.5 Å². The number of aromatic nitrogens is 1. The van der Waals surface area contributed by atoms with Crippen LogP contribution in [0.25, 0.3) is 10.2 Å². The van der Waals surface area contributed by atoms with Crippen LogP contribution < -0.4 is 13.9 Å². The molecule has 0 atom stereocenters. The number of hydrogen-bond acceptors (Lipinski definition) is 7. The van der Waals surface area contributed by atoms with Gasteiger partial charge in [-0.25, -0.2) is 13.4 Å². The number of nitrogens with zero attached hydrogens (tertiary/aromatic N) is 4. The summed E-state index contributed by atoms with van der Waals surface area (Å²) in [5.74, 6) is 0.449. The van der Waals surface area contributed by atoms with Crippen LogP contribution in [0.2, 0.25) is 0 Å². The number of fused-ring (bicyclic) bond motifs is 1. The molecule has 0 saturated heterocycles. The van der Waals surface area contributed by atoms with E-state index < -0.39 is 10.0 Å². The number of rotatable bonds is 12. The van der Waals surface area contributed by atoms with Gasteiger partial charge in [-0.3, -0.25) is 14.0 Å². The molecule has 0 aliphatic carbocycles. The van der Waals surface area contributed by atoms with Crippen molar-refractivity contribution in [3.63, 3.8) is 0 Å². The molecule has 1 amide bonds. The zero-order valence-electron chi connectivity index (χ0n) is 23.1. The number of likely N-dealkylation sites (N-methyl/N-ethyl adjacent to an activating group) is 1. The largest absolute Gasteiger partial charge is 0.492 e. The molecule has 0 spiro atoms. The van der Waals surface area contributed by atoms with E-state index in [0.29, 0.717) is 41.8 Å². The van der Waals surface area contributed by atoms with Crippen LogP contribution in [0.1, 0.15) is 31.1 Å². The van der Waals surface area contributed by atoms with Gasteiger partial charge in [0.1, 0.15) is 11.3 Å². The minimum atomic E-state index is -3.79. The molecule has 0 unspecified atom stereocenters. The number of sulfonamides is 1. The predicted molar refractivity (Wildman–Crippen MR) is 166 cm³/mol. The van der Waals surface area contributed by atoms with E-state index >= 15 is 0 Å². The smallest absolute Gasteiger partial charge is 0.264 e. The Morgan fingerprint density at radius 1 is 0.900 bits per heavy atom. The molecule has 4 rings (SSSR count). The van der Waals surface area contributed by atoms with E-state index in [0.717, 1.165) is 23.3 Å². The SMILES string of the molecule is CCOc1cccc2sc(N(CCN(CC)CC)C(=O)c3ccc(S(=O)(=O)N(C)c4ccccc4)cc3)nc12.Cl. The van der Waals surface area contributed by atoms with Crippen LogP contribution in [0.3, 0.4) is 0 Å². The van der Waals surface area contributed by atoms with Crippen molar-refractivity contribution in [1.82, 2.24) is 9.88 Å². The quantitative estimate of drug-likeness (QED) is 0.200. The van der Waals surface area contributed by atoms with Crippen LogP contribution in [0.4, 0.5) is 10.8 Å². The van der Waals surface area contributed by atoms with E-state index in [9.17, 15) is 13.2 Å². The van der Waals surface area contributed by atoms with Gasteiger partial charge in [-0.2, -0.15) is 0 Å². The average molecular weight is 603 g/mol. The summed E-state index contributed by atoms with van der Waals surface area (Å²) in [5.41, 5.74) is 1.67. The lowest BCUT2D eigenvalue weighted by Crippen LogP contribution is -2.38. The Morgan fingerprint density at radius 2 is 1.57 bits per heavy atom. The molecule has 8 nitrogen and oxygen atoms in total. The Hall–Kier alpha value is -3.18. The number of hydrogen-bond donors (Lipinski definition) is 0. The van der Waals surface area contributed by atoms with Crippen molar-refractivity contribution in [2.45, 2.75) is 25.7 Å². The van der Waals surface area contributed by atoms with Crippen molar-refractivity contribution in [2.75, 3.05) is 49.0 Å². The fraction of sp³-hybridized carbons (Fsp3) is 0.310. The highest BCUT2D eigenvalue weighted by atomic mass is 35.5. The number of anilines is 2. The van der Waals surface area contributed by atoms with Gasteiger partial charge in [0.25, 0.3) is 15.9 Å². The molecule has 0 fully saturated rings. The third-order valence-corrected chi connectivity index (χ3v) is 9.40. The summed E-state index contributed by atoms with van der Waals surface area (Å²) in [4.78, 5) is 22.7. The molecule has 0 radical (unpaired) electrons. The van der Waals surface area contributed by atoms with E-state index in [2.05, 4.69) is 18.7 Å². The molecular formula is C29H35ClN4O4S2. The molecular weight excluding hydrogens is 568 g/mol. The Morgan fingerprint density at radius 3 is 2.20 bits per heavy atom. The molecule has 0 bridgehead atoms. The van der Waals surface area contributed by atoms with Gasteiger partial charge in [0.2, 0.25) is 0 Å². The molecule has 1 aromatic heterocycles. The fourth-order valence-electron chi connectivity index (χ4n) is 4.22. The molecule has 0 N–H and O–H groups in total. The molecule has 3 aromatic carbocycles. The second kappa shape index (κ2) is 13.9. The topological polar surface area (TPSA) is 83.0 Å². The summed E-state index contributed by atoms with van der Waals surface area (Å²) in [5, 5.41) is 0.579. The predicted octanol–water partition coefficient (Wildman–Crippen LogP) is 5.93. The first-order valence-electron chi connectivity index (χ1n) is 13.0. The molecule has 4 aromatic rings. The highest BCUT2D eigenvalue weighted by molar-refractivity contribution is 7.92. The summed E-state index contributed by atoms with van der Waals surface area (Å²) in [6.07, 6.45) is 0. The molecule has 214 valence electrons. The molecule has 40 heavy (non-hydrogen) atoms. The van der Waals surface area contributed by atoms with Gasteiger partial charge in [-0.15, -0.1) is 12.4 Å².